The van der Waals surface area contributed by atoms with E-state index in [1.54, 1.807) is 4.52 Å². The van der Waals surface area contributed by atoms with Crippen molar-refractivity contribution in [2.45, 2.75) is 60.4 Å². The van der Waals surface area contributed by atoms with Gasteiger partial charge < -0.3 is 20.8 Å². The van der Waals surface area contributed by atoms with E-state index in [1.165, 1.54) is 6.20 Å². The van der Waals surface area contributed by atoms with Crippen LogP contribution >= 0.6 is 0 Å². The average molecular weight is 440 g/mol. The molecule has 0 aromatic carbocycles. The lowest BCUT2D eigenvalue weighted by Crippen LogP contribution is -2.35. The molecule has 0 saturated heterocycles. The molecule has 4 rings (SSSR count). The third-order valence-electron chi connectivity index (χ3n) is 6.72. The number of amides is 1. The zero-order valence-electron chi connectivity index (χ0n) is 19.7. The second kappa shape index (κ2) is 7.79. The summed E-state index contributed by atoms with van der Waals surface area (Å²) >= 11 is 0. The quantitative estimate of drug-likeness (QED) is 0.526. The largest absolute Gasteiger partial charge is 0.403 e. The van der Waals surface area contributed by atoms with Crippen molar-refractivity contribution in [3.63, 3.8) is 0 Å². The third-order valence-corrected chi connectivity index (χ3v) is 6.72. The maximum Gasteiger partial charge on any atom is 0.315 e. The Balaban J connectivity index is 1.69. The lowest BCUT2D eigenvalue weighted by atomic mass is 9.80. The summed E-state index contributed by atoms with van der Waals surface area (Å²) in [6.45, 7) is 13.9. The van der Waals surface area contributed by atoms with Gasteiger partial charge >= 0.3 is 6.01 Å². The smallest absolute Gasteiger partial charge is 0.315 e. The van der Waals surface area contributed by atoms with Crippen molar-refractivity contribution in [3.05, 3.63) is 24.0 Å². The summed E-state index contributed by atoms with van der Waals surface area (Å²) in [5, 5.41) is 19.4. The van der Waals surface area contributed by atoms with Gasteiger partial charge in [0.1, 0.15) is 0 Å². The molecule has 3 aromatic rings. The van der Waals surface area contributed by atoms with Crippen molar-refractivity contribution in [1.82, 2.24) is 19.8 Å². The van der Waals surface area contributed by atoms with Crippen LogP contribution in [0.1, 0.15) is 64.7 Å². The number of rotatable bonds is 6. The predicted molar refractivity (Wildman–Crippen MR) is 125 cm³/mol. The minimum atomic E-state index is -0.513. The van der Waals surface area contributed by atoms with Crippen molar-refractivity contribution < 1.29 is 9.21 Å². The number of carbonyl (C=O) groups is 1. The molecule has 3 aromatic heterocycles. The molecule has 2 unspecified atom stereocenters. The molecule has 4 N–H and O–H groups in total. The van der Waals surface area contributed by atoms with E-state index in [0.29, 0.717) is 35.6 Å². The van der Waals surface area contributed by atoms with Crippen LogP contribution in [0.25, 0.3) is 17.0 Å². The fourth-order valence-electron chi connectivity index (χ4n) is 4.20. The van der Waals surface area contributed by atoms with E-state index in [1.807, 2.05) is 12.3 Å². The highest BCUT2D eigenvalue weighted by atomic mass is 16.4. The molecule has 9 heteroatoms. The maximum atomic E-state index is 12.2. The number of nitrogens with one attached hydrogen (secondary N) is 2. The van der Waals surface area contributed by atoms with E-state index in [0.717, 1.165) is 23.9 Å². The van der Waals surface area contributed by atoms with E-state index in [2.05, 4.69) is 67.5 Å². The molecule has 0 spiro atoms. The Hall–Kier alpha value is -3.10. The normalized spacial score (nSPS) is 20.6. The summed E-state index contributed by atoms with van der Waals surface area (Å²) in [7, 11) is 0. The molecule has 32 heavy (non-hydrogen) atoms. The van der Waals surface area contributed by atoms with Crippen LogP contribution in [-0.4, -0.2) is 38.3 Å². The minimum Gasteiger partial charge on any atom is -0.403 e. The molecule has 9 nitrogen and oxygen atoms in total. The average Bonchev–Trinajstić information content (AvgIpc) is 3.39. The van der Waals surface area contributed by atoms with Crippen molar-refractivity contribution in [2.75, 3.05) is 17.2 Å². The van der Waals surface area contributed by atoms with Gasteiger partial charge in [0.2, 0.25) is 0 Å². The Morgan fingerprint density at radius 3 is 2.69 bits per heavy atom. The Morgan fingerprint density at radius 1 is 1.31 bits per heavy atom. The molecule has 172 valence electrons. The van der Waals surface area contributed by atoms with Gasteiger partial charge in [0, 0.05) is 18.8 Å². The summed E-state index contributed by atoms with van der Waals surface area (Å²) in [5.74, 6) is 0.448. The van der Waals surface area contributed by atoms with Crippen LogP contribution in [0.3, 0.4) is 0 Å². The highest BCUT2D eigenvalue weighted by molar-refractivity contribution is 6.02. The fourth-order valence-corrected chi connectivity index (χ4v) is 4.20. The molecule has 1 aliphatic carbocycles. The van der Waals surface area contributed by atoms with Gasteiger partial charge in [-0.2, -0.15) is 5.10 Å². The summed E-state index contributed by atoms with van der Waals surface area (Å²) in [6.07, 6.45) is 5.49. The number of nitrogens with two attached hydrogens (primary N) is 1. The standard InChI is InChI=1S/C23H33N7O2/c1-13-7-8-17(23(13,5)6)27-18-15(19(24)31)10-26-30-11-14(9-16(18)30)20-28-29-21(32-20)25-12-22(2,3)4/h9-11,13,17,27H,7-8,12H2,1-6H3,(H2,24,31)(H,25,29). The van der Waals surface area contributed by atoms with Crippen LogP contribution in [0, 0.1) is 16.7 Å². The fraction of sp³-hybridized carbons (Fsp3) is 0.565. The topological polar surface area (TPSA) is 123 Å². The first-order chi connectivity index (χ1) is 15.0. The Morgan fingerprint density at radius 2 is 2.06 bits per heavy atom. The molecular formula is C23H33N7O2. The van der Waals surface area contributed by atoms with Crippen molar-refractivity contribution in [3.8, 4) is 11.5 Å². The number of aromatic nitrogens is 4. The van der Waals surface area contributed by atoms with E-state index < -0.39 is 5.91 Å². The third kappa shape index (κ3) is 4.16. The highest BCUT2D eigenvalue weighted by Crippen LogP contribution is 2.44. The van der Waals surface area contributed by atoms with Crippen LogP contribution in [-0.2, 0) is 0 Å². The number of fused-ring (bicyclic) bond motifs is 1. The van der Waals surface area contributed by atoms with Gasteiger partial charge in [-0.15, -0.1) is 5.10 Å². The van der Waals surface area contributed by atoms with E-state index in [4.69, 9.17) is 10.2 Å². The molecule has 1 aliphatic rings. The number of hydrogen-bond donors (Lipinski definition) is 3. The summed E-state index contributed by atoms with van der Waals surface area (Å²) < 4.78 is 7.52. The Bertz CT molecular complexity index is 1140. The molecule has 1 saturated carbocycles. The first-order valence-electron chi connectivity index (χ1n) is 11.1. The molecule has 2 atom stereocenters. The van der Waals surface area contributed by atoms with Gasteiger partial charge in [-0.1, -0.05) is 46.6 Å². The van der Waals surface area contributed by atoms with Gasteiger partial charge in [-0.05, 0) is 35.7 Å². The minimum absolute atomic E-state index is 0.0840. The molecule has 0 radical (unpaired) electrons. The van der Waals surface area contributed by atoms with Crippen LogP contribution in [0.2, 0.25) is 0 Å². The van der Waals surface area contributed by atoms with Crippen LogP contribution in [0.15, 0.2) is 22.9 Å². The first-order valence-corrected chi connectivity index (χ1v) is 11.1. The zero-order chi connectivity index (χ0) is 23.3. The van der Waals surface area contributed by atoms with Gasteiger partial charge in [0.15, 0.2) is 0 Å². The van der Waals surface area contributed by atoms with Gasteiger partial charge in [-0.25, -0.2) is 4.52 Å². The number of primary amides is 1. The van der Waals surface area contributed by atoms with Gasteiger partial charge in [0.05, 0.1) is 28.5 Å². The second-order valence-electron chi connectivity index (χ2n) is 10.7. The monoisotopic (exact) mass is 439 g/mol. The summed E-state index contributed by atoms with van der Waals surface area (Å²) in [4.78, 5) is 12.2. The van der Waals surface area contributed by atoms with Crippen molar-refractivity contribution in [1.29, 1.82) is 0 Å². The first kappa shape index (κ1) is 22.1. The number of anilines is 2. The van der Waals surface area contributed by atoms with E-state index in [9.17, 15) is 4.79 Å². The Labute approximate surface area is 188 Å². The Kier molecular flexibility index (Phi) is 5.38. The SMILES string of the molecule is CC1CCC(Nc2c(C(N)=O)cnn3cc(-c4nnc(NCC(C)(C)C)o4)cc23)C1(C)C. The van der Waals surface area contributed by atoms with Crippen molar-refractivity contribution in [2.24, 2.45) is 22.5 Å². The molecule has 0 aliphatic heterocycles. The number of nitrogens with zero attached hydrogens (tertiary/aromatic N) is 4. The van der Waals surface area contributed by atoms with E-state index in [-0.39, 0.29) is 16.9 Å². The van der Waals surface area contributed by atoms with Crippen LogP contribution in [0.4, 0.5) is 11.7 Å². The second-order valence-corrected chi connectivity index (χ2v) is 10.7. The number of hydrogen-bond acceptors (Lipinski definition) is 7. The number of carbonyl (C=O) groups excluding carboxylic acids is 1. The van der Waals surface area contributed by atoms with Crippen LogP contribution < -0.4 is 16.4 Å². The van der Waals surface area contributed by atoms with Gasteiger partial charge in [0.25, 0.3) is 11.8 Å². The summed E-state index contributed by atoms with van der Waals surface area (Å²) in [5.41, 5.74) is 8.39. The lowest BCUT2D eigenvalue weighted by molar-refractivity contribution is 0.100. The molecule has 1 fully saturated rings. The maximum absolute atomic E-state index is 12.2. The van der Waals surface area contributed by atoms with Crippen LogP contribution in [0.5, 0.6) is 0 Å². The summed E-state index contributed by atoms with van der Waals surface area (Å²) in [6, 6.07) is 2.49. The predicted octanol–water partition coefficient (Wildman–Crippen LogP) is 4.18. The molecule has 0 bridgehead atoms. The molecule has 1 amide bonds. The molecule has 3 heterocycles. The van der Waals surface area contributed by atoms with E-state index >= 15 is 0 Å². The zero-order valence-corrected chi connectivity index (χ0v) is 19.7. The lowest BCUT2D eigenvalue weighted by Gasteiger charge is -2.33. The van der Waals surface area contributed by atoms with Gasteiger partial charge in [-0.3, -0.25) is 4.79 Å². The van der Waals surface area contributed by atoms with Crippen molar-refractivity contribution >= 4 is 23.1 Å². The highest BCUT2D eigenvalue weighted by Gasteiger charge is 2.41. The molecular weight excluding hydrogens is 406 g/mol.